The molecule has 2 bridgehead atoms. The van der Waals surface area contributed by atoms with Crippen LogP contribution >= 0.6 is 0 Å². The normalized spacial score (nSPS) is 29.2. The third-order valence-electron chi connectivity index (χ3n) is 3.45. The van der Waals surface area contributed by atoms with Gasteiger partial charge in [0.05, 0.1) is 0 Å². The molecule has 0 aliphatic heterocycles. The molecule has 3 nitrogen and oxygen atoms in total. The zero-order valence-electron chi connectivity index (χ0n) is 7.21. The van der Waals surface area contributed by atoms with E-state index in [1.807, 2.05) is 6.20 Å². The highest BCUT2D eigenvalue weighted by molar-refractivity contribution is 5.88. The van der Waals surface area contributed by atoms with Crippen LogP contribution in [0.1, 0.15) is 52.7 Å². The summed E-state index contributed by atoms with van der Waals surface area (Å²) in [5.74, 6) is 0.357. The van der Waals surface area contributed by atoms with Gasteiger partial charge in [-0.25, -0.2) is 4.79 Å². The summed E-state index contributed by atoms with van der Waals surface area (Å²) in [5.41, 5.74) is 2.81. The number of H-pyrrole nitrogens is 1. The van der Waals surface area contributed by atoms with Crippen molar-refractivity contribution in [3.8, 4) is 0 Å². The number of fused-ring (bicyclic) bond motifs is 5. The highest BCUT2D eigenvalue weighted by Crippen LogP contribution is 2.54. The first kappa shape index (κ1) is 7.18. The van der Waals surface area contributed by atoms with Gasteiger partial charge in [0, 0.05) is 6.20 Å². The lowest BCUT2D eigenvalue weighted by Crippen LogP contribution is -2.04. The SMILES string of the molecule is O=C(O)c1[nH]cc2c1[C@H]1CC[C@@H]2C1. The molecule has 0 amide bonds. The number of aromatic nitrogens is 1. The smallest absolute Gasteiger partial charge is 0.352 e. The predicted molar refractivity (Wildman–Crippen MR) is 47.1 cm³/mol. The fourth-order valence-corrected chi connectivity index (χ4v) is 2.93. The molecule has 2 aliphatic carbocycles. The minimum atomic E-state index is -0.811. The number of aromatic amines is 1. The van der Waals surface area contributed by atoms with Crippen LogP contribution in [-0.4, -0.2) is 16.1 Å². The Morgan fingerprint density at radius 2 is 2.23 bits per heavy atom. The third-order valence-corrected chi connectivity index (χ3v) is 3.45. The maximum absolute atomic E-state index is 10.9. The molecular formula is C10H11NO2. The Hall–Kier alpha value is -1.25. The van der Waals surface area contributed by atoms with Crippen molar-refractivity contribution in [3.63, 3.8) is 0 Å². The summed E-state index contributed by atoms with van der Waals surface area (Å²) >= 11 is 0. The molecule has 1 aromatic rings. The van der Waals surface area contributed by atoms with E-state index >= 15 is 0 Å². The van der Waals surface area contributed by atoms with Gasteiger partial charge in [0.25, 0.3) is 0 Å². The van der Waals surface area contributed by atoms with E-state index in [-0.39, 0.29) is 0 Å². The first-order chi connectivity index (χ1) is 6.27. The third kappa shape index (κ3) is 0.767. The standard InChI is InChI=1S/C10H11NO2/c12-10(13)9-8-6-2-1-5(3-6)7(8)4-11-9/h4-6,11H,1-3H2,(H,12,13)/t5-,6+/m1/s1. The predicted octanol–water partition coefficient (Wildman–Crippen LogP) is 2.08. The number of aromatic carboxylic acids is 1. The number of carbonyl (C=O) groups is 1. The van der Waals surface area contributed by atoms with Crippen LogP contribution in [0.4, 0.5) is 0 Å². The first-order valence-electron chi connectivity index (χ1n) is 4.72. The van der Waals surface area contributed by atoms with Crippen molar-refractivity contribution in [2.75, 3.05) is 0 Å². The van der Waals surface area contributed by atoms with Crippen LogP contribution in [0.2, 0.25) is 0 Å². The molecule has 0 spiro atoms. The van der Waals surface area contributed by atoms with E-state index in [9.17, 15) is 4.79 Å². The molecule has 2 atom stereocenters. The van der Waals surface area contributed by atoms with Crippen molar-refractivity contribution in [1.82, 2.24) is 4.98 Å². The Bertz CT molecular complexity index is 380. The zero-order chi connectivity index (χ0) is 9.00. The fraction of sp³-hybridized carbons (Fsp3) is 0.500. The monoisotopic (exact) mass is 177 g/mol. The fourth-order valence-electron chi connectivity index (χ4n) is 2.93. The quantitative estimate of drug-likeness (QED) is 0.690. The molecule has 0 saturated heterocycles. The number of hydrogen-bond donors (Lipinski definition) is 2. The van der Waals surface area contributed by atoms with Crippen molar-refractivity contribution in [2.45, 2.75) is 31.1 Å². The maximum atomic E-state index is 10.9. The molecule has 3 rings (SSSR count). The van der Waals surface area contributed by atoms with Crippen LogP contribution in [0.25, 0.3) is 0 Å². The van der Waals surface area contributed by atoms with Crippen LogP contribution in [0, 0.1) is 0 Å². The van der Waals surface area contributed by atoms with Gasteiger partial charge in [-0.1, -0.05) is 0 Å². The molecular weight excluding hydrogens is 166 g/mol. The van der Waals surface area contributed by atoms with Crippen molar-refractivity contribution >= 4 is 5.97 Å². The number of carboxylic acid groups (broad SMARTS) is 1. The number of carboxylic acids is 1. The summed E-state index contributed by atoms with van der Waals surface area (Å²) in [7, 11) is 0. The minimum absolute atomic E-state index is 0.433. The molecule has 0 unspecified atom stereocenters. The summed E-state index contributed by atoms with van der Waals surface area (Å²) in [5, 5.41) is 8.93. The molecule has 13 heavy (non-hydrogen) atoms. The molecule has 0 aromatic carbocycles. The summed E-state index contributed by atoms with van der Waals surface area (Å²) < 4.78 is 0. The van der Waals surface area contributed by atoms with Gasteiger partial charge in [0.1, 0.15) is 5.69 Å². The van der Waals surface area contributed by atoms with Gasteiger partial charge in [-0.05, 0) is 42.2 Å². The topological polar surface area (TPSA) is 53.1 Å². The van der Waals surface area contributed by atoms with Crippen LogP contribution < -0.4 is 0 Å². The molecule has 2 aliphatic rings. The Kier molecular flexibility index (Phi) is 1.19. The second-order valence-corrected chi connectivity index (χ2v) is 4.04. The Morgan fingerprint density at radius 3 is 3.00 bits per heavy atom. The average molecular weight is 177 g/mol. The van der Waals surface area contributed by atoms with E-state index < -0.39 is 5.97 Å². The van der Waals surface area contributed by atoms with Gasteiger partial charge in [0.2, 0.25) is 0 Å². The largest absolute Gasteiger partial charge is 0.477 e. The lowest BCUT2D eigenvalue weighted by Gasteiger charge is -2.10. The van der Waals surface area contributed by atoms with Gasteiger partial charge < -0.3 is 10.1 Å². The lowest BCUT2D eigenvalue weighted by atomic mass is 9.94. The van der Waals surface area contributed by atoms with Crippen molar-refractivity contribution < 1.29 is 9.90 Å². The lowest BCUT2D eigenvalue weighted by molar-refractivity contribution is 0.0689. The molecule has 0 radical (unpaired) electrons. The molecule has 68 valence electrons. The van der Waals surface area contributed by atoms with Crippen LogP contribution in [-0.2, 0) is 0 Å². The van der Waals surface area contributed by atoms with Gasteiger partial charge in [-0.3, -0.25) is 0 Å². The second kappa shape index (κ2) is 2.16. The second-order valence-electron chi connectivity index (χ2n) is 4.04. The summed E-state index contributed by atoms with van der Waals surface area (Å²) in [6.07, 6.45) is 5.49. The minimum Gasteiger partial charge on any atom is -0.477 e. The van der Waals surface area contributed by atoms with E-state index in [0.29, 0.717) is 17.5 Å². The number of hydrogen-bond acceptors (Lipinski definition) is 1. The average Bonchev–Trinajstić information content (AvgIpc) is 2.76. The Balaban J connectivity index is 2.18. The zero-order valence-corrected chi connectivity index (χ0v) is 7.21. The van der Waals surface area contributed by atoms with Crippen LogP contribution in [0.5, 0.6) is 0 Å². The molecule has 1 fully saturated rings. The highest BCUT2D eigenvalue weighted by Gasteiger charge is 2.40. The van der Waals surface area contributed by atoms with E-state index in [1.54, 1.807) is 0 Å². The molecule has 3 heteroatoms. The van der Waals surface area contributed by atoms with E-state index in [4.69, 9.17) is 5.11 Å². The van der Waals surface area contributed by atoms with Crippen molar-refractivity contribution in [3.05, 3.63) is 23.0 Å². The van der Waals surface area contributed by atoms with Crippen molar-refractivity contribution in [1.29, 1.82) is 0 Å². The highest BCUT2D eigenvalue weighted by atomic mass is 16.4. The van der Waals surface area contributed by atoms with Crippen LogP contribution in [0.15, 0.2) is 6.20 Å². The molecule has 1 saturated carbocycles. The number of rotatable bonds is 1. The van der Waals surface area contributed by atoms with Gasteiger partial charge >= 0.3 is 5.97 Å². The Morgan fingerprint density at radius 1 is 1.46 bits per heavy atom. The first-order valence-corrected chi connectivity index (χ1v) is 4.72. The number of nitrogens with one attached hydrogen (secondary N) is 1. The Labute approximate surface area is 75.8 Å². The summed E-state index contributed by atoms with van der Waals surface area (Å²) in [6, 6.07) is 0. The van der Waals surface area contributed by atoms with Gasteiger partial charge in [-0.2, -0.15) is 0 Å². The van der Waals surface area contributed by atoms with Crippen LogP contribution in [0.3, 0.4) is 0 Å². The van der Waals surface area contributed by atoms with Crippen molar-refractivity contribution in [2.24, 2.45) is 0 Å². The molecule has 1 heterocycles. The van der Waals surface area contributed by atoms with E-state index in [0.717, 1.165) is 5.56 Å². The van der Waals surface area contributed by atoms with E-state index in [1.165, 1.54) is 24.8 Å². The molecule has 2 N–H and O–H groups in total. The van der Waals surface area contributed by atoms with Gasteiger partial charge in [-0.15, -0.1) is 0 Å². The summed E-state index contributed by atoms with van der Waals surface area (Å²) in [4.78, 5) is 13.7. The maximum Gasteiger partial charge on any atom is 0.352 e. The summed E-state index contributed by atoms with van der Waals surface area (Å²) in [6.45, 7) is 0. The molecule has 1 aromatic heterocycles. The van der Waals surface area contributed by atoms with Gasteiger partial charge in [0.15, 0.2) is 0 Å². The van der Waals surface area contributed by atoms with E-state index in [2.05, 4.69) is 4.98 Å².